The summed E-state index contributed by atoms with van der Waals surface area (Å²) in [7, 11) is 0. The Kier molecular flexibility index (Phi) is 4.36. The lowest BCUT2D eigenvalue weighted by molar-refractivity contribution is 0.174. The van der Waals surface area contributed by atoms with E-state index in [4.69, 9.17) is 4.42 Å². The summed E-state index contributed by atoms with van der Waals surface area (Å²) < 4.78 is 5.28. The van der Waals surface area contributed by atoms with E-state index < -0.39 is 6.10 Å². The van der Waals surface area contributed by atoms with Gasteiger partial charge in [0.1, 0.15) is 11.9 Å². The van der Waals surface area contributed by atoms with Crippen molar-refractivity contribution in [3.63, 3.8) is 0 Å². The van der Waals surface area contributed by atoms with Crippen LogP contribution in [0.3, 0.4) is 0 Å². The molecule has 0 bridgehead atoms. The molecule has 3 nitrogen and oxygen atoms in total. The zero-order valence-electron chi connectivity index (χ0n) is 9.80. The SMILES string of the molecule is CC(Cc1ccco1)NCC(O)c1cccs1. The third kappa shape index (κ3) is 3.70. The minimum atomic E-state index is -0.422. The Labute approximate surface area is 105 Å². The van der Waals surface area contributed by atoms with Crippen LogP contribution in [0.25, 0.3) is 0 Å². The van der Waals surface area contributed by atoms with Crippen LogP contribution in [0.5, 0.6) is 0 Å². The summed E-state index contributed by atoms with van der Waals surface area (Å²) in [5.41, 5.74) is 0. The van der Waals surface area contributed by atoms with E-state index in [9.17, 15) is 5.11 Å². The Hall–Kier alpha value is -1.10. The van der Waals surface area contributed by atoms with Gasteiger partial charge in [0.05, 0.1) is 6.26 Å². The zero-order chi connectivity index (χ0) is 12.1. The van der Waals surface area contributed by atoms with Gasteiger partial charge in [-0.1, -0.05) is 6.07 Å². The third-order valence-corrected chi connectivity index (χ3v) is 3.59. The molecule has 2 unspecified atom stereocenters. The maximum Gasteiger partial charge on any atom is 0.105 e. The maximum atomic E-state index is 9.91. The van der Waals surface area contributed by atoms with Crippen LogP contribution in [0, 0.1) is 0 Å². The van der Waals surface area contributed by atoms with E-state index in [2.05, 4.69) is 12.2 Å². The summed E-state index contributed by atoms with van der Waals surface area (Å²) in [4.78, 5) is 1.00. The van der Waals surface area contributed by atoms with Gasteiger partial charge in [0.25, 0.3) is 0 Å². The molecule has 0 spiro atoms. The first-order valence-electron chi connectivity index (χ1n) is 5.73. The van der Waals surface area contributed by atoms with Gasteiger partial charge in [0, 0.05) is 23.9 Å². The molecule has 92 valence electrons. The molecular formula is C13H17NO2S. The minimum absolute atomic E-state index is 0.288. The first-order chi connectivity index (χ1) is 8.25. The highest BCUT2D eigenvalue weighted by Gasteiger charge is 2.11. The van der Waals surface area contributed by atoms with E-state index in [1.54, 1.807) is 17.6 Å². The van der Waals surface area contributed by atoms with E-state index in [1.165, 1.54) is 0 Å². The highest BCUT2D eigenvalue weighted by Crippen LogP contribution is 2.17. The summed E-state index contributed by atoms with van der Waals surface area (Å²) in [6.07, 6.45) is 2.10. The number of rotatable bonds is 6. The van der Waals surface area contributed by atoms with Gasteiger partial charge in [-0.2, -0.15) is 0 Å². The number of thiophene rings is 1. The number of aliphatic hydroxyl groups is 1. The number of nitrogens with one attached hydrogen (secondary N) is 1. The molecule has 4 heteroatoms. The van der Waals surface area contributed by atoms with Crippen LogP contribution in [0.4, 0.5) is 0 Å². The third-order valence-electron chi connectivity index (χ3n) is 2.62. The van der Waals surface area contributed by atoms with Gasteiger partial charge < -0.3 is 14.8 Å². The standard InChI is InChI=1S/C13H17NO2S/c1-10(8-11-4-2-6-16-11)14-9-12(15)13-5-3-7-17-13/h2-7,10,12,14-15H,8-9H2,1H3. The van der Waals surface area contributed by atoms with Crippen LogP contribution in [0.1, 0.15) is 23.7 Å². The first kappa shape index (κ1) is 12.4. The fourth-order valence-electron chi connectivity index (χ4n) is 1.70. The summed E-state index contributed by atoms with van der Waals surface area (Å²) in [5.74, 6) is 0.968. The molecule has 0 radical (unpaired) electrons. The van der Waals surface area contributed by atoms with Crippen molar-refractivity contribution in [2.75, 3.05) is 6.54 Å². The monoisotopic (exact) mass is 251 g/mol. The smallest absolute Gasteiger partial charge is 0.105 e. The Morgan fingerprint density at radius 2 is 2.29 bits per heavy atom. The highest BCUT2D eigenvalue weighted by molar-refractivity contribution is 7.10. The molecule has 0 aliphatic heterocycles. The Balaban J connectivity index is 1.74. The molecule has 2 rings (SSSR count). The molecule has 2 N–H and O–H groups in total. The van der Waals surface area contributed by atoms with Crippen LogP contribution >= 0.6 is 11.3 Å². The molecule has 17 heavy (non-hydrogen) atoms. The van der Waals surface area contributed by atoms with Crippen LogP contribution in [0.15, 0.2) is 40.3 Å². The van der Waals surface area contributed by atoms with E-state index >= 15 is 0 Å². The van der Waals surface area contributed by atoms with E-state index in [0.29, 0.717) is 6.54 Å². The van der Waals surface area contributed by atoms with Crippen LogP contribution in [-0.2, 0) is 6.42 Å². The number of hydrogen-bond donors (Lipinski definition) is 2. The first-order valence-corrected chi connectivity index (χ1v) is 6.61. The van der Waals surface area contributed by atoms with Gasteiger partial charge >= 0.3 is 0 Å². The number of furan rings is 1. The molecule has 0 aromatic carbocycles. The predicted octanol–water partition coefficient (Wildman–Crippen LogP) is 2.60. The molecule has 2 atom stereocenters. The van der Waals surface area contributed by atoms with Crippen molar-refractivity contribution >= 4 is 11.3 Å². The molecule has 0 saturated heterocycles. The van der Waals surface area contributed by atoms with Gasteiger partial charge in [0.15, 0.2) is 0 Å². The fourth-order valence-corrected chi connectivity index (χ4v) is 2.41. The molecule has 0 aliphatic rings. The largest absolute Gasteiger partial charge is 0.469 e. The summed E-state index contributed by atoms with van der Waals surface area (Å²) in [6, 6.07) is 8.05. The van der Waals surface area contributed by atoms with Crippen molar-refractivity contribution in [3.05, 3.63) is 46.5 Å². The Morgan fingerprint density at radius 1 is 1.41 bits per heavy atom. The van der Waals surface area contributed by atoms with Gasteiger partial charge in [-0.15, -0.1) is 11.3 Å². The van der Waals surface area contributed by atoms with Crippen molar-refractivity contribution in [2.45, 2.75) is 25.5 Å². The van der Waals surface area contributed by atoms with E-state index in [1.807, 2.05) is 29.6 Å². The fraction of sp³-hybridized carbons (Fsp3) is 0.385. The average molecular weight is 251 g/mol. The molecular weight excluding hydrogens is 234 g/mol. The predicted molar refractivity (Wildman–Crippen MR) is 69.2 cm³/mol. The lowest BCUT2D eigenvalue weighted by Crippen LogP contribution is -2.31. The molecule has 0 fully saturated rings. The average Bonchev–Trinajstić information content (AvgIpc) is 2.97. The van der Waals surface area contributed by atoms with Gasteiger partial charge in [-0.25, -0.2) is 0 Å². The van der Waals surface area contributed by atoms with Crippen LogP contribution < -0.4 is 5.32 Å². The highest BCUT2D eigenvalue weighted by atomic mass is 32.1. The normalized spacial score (nSPS) is 14.7. The Morgan fingerprint density at radius 3 is 2.94 bits per heavy atom. The molecule has 2 heterocycles. The molecule has 2 aromatic heterocycles. The molecule has 0 amide bonds. The number of hydrogen-bond acceptors (Lipinski definition) is 4. The van der Waals surface area contributed by atoms with Gasteiger partial charge in [-0.05, 0) is 30.5 Å². The summed E-state index contributed by atoms with van der Waals surface area (Å²) in [5, 5.41) is 15.2. The zero-order valence-corrected chi connectivity index (χ0v) is 10.6. The second kappa shape index (κ2) is 6.00. The summed E-state index contributed by atoms with van der Waals surface area (Å²) in [6.45, 7) is 2.66. The second-order valence-electron chi connectivity index (χ2n) is 4.12. The van der Waals surface area contributed by atoms with Crippen molar-refractivity contribution in [2.24, 2.45) is 0 Å². The van der Waals surface area contributed by atoms with Crippen LogP contribution in [0.2, 0.25) is 0 Å². The Bertz CT molecular complexity index is 411. The van der Waals surface area contributed by atoms with Crippen molar-refractivity contribution in [3.8, 4) is 0 Å². The number of aliphatic hydroxyl groups excluding tert-OH is 1. The van der Waals surface area contributed by atoms with Gasteiger partial charge in [-0.3, -0.25) is 0 Å². The quantitative estimate of drug-likeness (QED) is 0.829. The summed E-state index contributed by atoms with van der Waals surface area (Å²) >= 11 is 1.58. The molecule has 2 aromatic rings. The molecule has 0 saturated carbocycles. The minimum Gasteiger partial charge on any atom is -0.469 e. The maximum absolute atomic E-state index is 9.91. The van der Waals surface area contributed by atoms with Crippen molar-refractivity contribution in [1.29, 1.82) is 0 Å². The van der Waals surface area contributed by atoms with Crippen molar-refractivity contribution < 1.29 is 9.52 Å². The van der Waals surface area contributed by atoms with Crippen molar-refractivity contribution in [1.82, 2.24) is 5.32 Å². The van der Waals surface area contributed by atoms with E-state index in [0.717, 1.165) is 17.1 Å². The van der Waals surface area contributed by atoms with Crippen LogP contribution in [-0.4, -0.2) is 17.7 Å². The van der Waals surface area contributed by atoms with E-state index in [-0.39, 0.29) is 6.04 Å². The molecule has 0 aliphatic carbocycles. The lowest BCUT2D eigenvalue weighted by atomic mass is 10.2. The second-order valence-corrected chi connectivity index (χ2v) is 5.10. The lowest BCUT2D eigenvalue weighted by Gasteiger charge is -2.15. The van der Waals surface area contributed by atoms with Gasteiger partial charge in [0.2, 0.25) is 0 Å². The topological polar surface area (TPSA) is 45.4 Å².